The third-order valence-electron chi connectivity index (χ3n) is 5.64. The van der Waals surface area contributed by atoms with Crippen molar-refractivity contribution >= 4 is 46.2 Å². The van der Waals surface area contributed by atoms with Crippen LogP contribution in [-0.2, 0) is 16.0 Å². The minimum absolute atomic E-state index is 0.000708. The van der Waals surface area contributed by atoms with E-state index in [4.69, 9.17) is 30.8 Å². The largest absolute Gasteiger partial charge is 0.493 e. The molecule has 0 unspecified atom stereocenters. The van der Waals surface area contributed by atoms with Crippen molar-refractivity contribution in [2.24, 2.45) is 0 Å². The Hall–Kier alpha value is -3.07. The van der Waals surface area contributed by atoms with Gasteiger partial charge in [0, 0.05) is 25.7 Å². The standard InChI is InChI=1S/C24H26N4O5S2/c1-14-12-27(13-15(2)32-14)23-17(11-25)26-21(33-23)10-20-22(29)28(24(34)35-20)8-7-16-5-6-18(30-3)19(9-16)31-4/h5-6,9-10,14-15H,7-8,12-13H2,1-4H3/b20-10+/t14-,15-/m1/s1. The van der Waals surface area contributed by atoms with E-state index in [0.717, 1.165) is 5.56 Å². The van der Waals surface area contributed by atoms with Crippen molar-refractivity contribution < 1.29 is 23.4 Å². The maximum Gasteiger partial charge on any atom is 0.266 e. The maximum atomic E-state index is 13.1. The molecule has 4 rings (SSSR count). The van der Waals surface area contributed by atoms with Gasteiger partial charge in [0.25, 0.3) is 5.91 Å². The van der Waals surface area contributed by atoms with E-state index in [9.17, 15) is 10.1 Å². The van der Waals surface area contributed by atoms with Gasteiger partial charge in [0.2, 0.25) is 17.5 Å². The van der Waals surface area contributed by atoms with Crippen LogP contribution >= 0.6 is 24.0 Å². The first-order valence-corrected chi connectivity index (χ1v) is 12.3. The van der Waals surface area contributed by atoms with Crippen molar-refractivity contribution in [3.63, 3.8) is 0 Å². The van der Waals surface area contributed by atoms with Gasteiger partial charge in [-0.15, -0.1) is 0 Å². The third-order valence-corrected chi connectivity index (χ3v) is 7.02. The zero-order chi connectivity index (χ0) is 25.1. The van der Waals surface area contributed by atoms with Crippen LogP contribution in [0.4, 0.5) is 5.88 Å². The van der Waals surface area contributed by atoms with Gasteiger partial charge in [-0.05, 0) is 38.0 Å². The Morgan fingerprint density at radius 3 is 2.63 bits per heavy atom. The highest BCUT2D eigenvalue weighted by Crippen LogP contribution is 2.34. The Labute approximate surface area is 213 Å². The first-order chi connectivity index (χ1) is 16.8. The van der Waals surface area contributed by atoms with Gasteiger partial charge in [-0.3, -0.25) is 9.69 Å². The molecule has 0 radical (unpaired) electrons. The zero-order valence-corrected chi connectivity index (χ0v) is 21.6. The summed E-state index contributed by atoms with van der Waals surface area (Å²) in [5.74, 6) is 1.65. The first-order valence-electron chi connectivity index (χ1n) is 11.1. The summed E-state index contributed by atoms with van der Waals surface area (Å²) < 4.78 is 22.8. The number of oxazole rings is 1. The number of anilines is 1. The van der Waals surface area contributed by atoms with Crippen molar-refractivity contribution in [1.82, 2.24) is 9.88 Å². The Bertz CT molecular complexity index is 1200. The number of methoxy groups -OCH3 is 2. The number of aromatic nitrogens is 1. The van der Waals surface area contributed by atoms with E-state index in [1.807, 2.05) is 36.9 Å². The minimum atomic E-state index is -0.215. The average molecular weight is 515 g/mol. The van der Waals surface area contributed by atoms with Gasteiger partial charge in [-0.25, -0.2) is 0 Å². The molecule has 1 aromatic carbocycles. The summed E-state index contributed by atoms with van der Waals surface area (Å²) >= 11 is 6.65. The molecule has 0 bridgehead atoms. The van der Waals surface area contributed by atoms with Crippen LogP contribution in [0.15, 0.2) is 27.5 Å². The summed E-state index contributed by atoms with van der Waals surface area (Å²) in [5, 5.41) is 9.57. The third kappa shape index (κ3) is 5.45. The van der Waals surface area contributed by atoms with E-state index in [1.54, 1.807) is 25.2 Å². The number of rotatable bonds is 7. The van der Waals surface area contributed by atoms with E-state index < -0.39 is 0 Å². The van der Waals surface area contributed by atoms with Crippen LogP contribution in [0.1, 0.15) is 31.0 Å². The molecule has 3 heterocycles. The number of amides is 1. The number of carbonyl (C=O) groups is 1. The molecule has 0 saturated carbocycles. The summed E-state index contributed by atoms with van der Waals surface area (Å²) in [4.78, 5) is 21.3. The number of carbonyl (C=O) groups excluding carboxylic acids is 1. The first kappa shape index (κ1) is 25.0. The topological polar surface area (TPSA) is 101 Å². The predicted octanol–water partition coefficient (Wildman–Crippen LogP) is 3.62. The molecule has 2 saturated heterocycles. The SMILES string of the molecule is COc1ccc(CCN2C(=O)/C(=C\c3nc(C#N)c(N4C[C@@H](C)O[C@H](C)C4)o3)SC2=S)cc1OC. The second-order valence-corrected chi connectivity index (χ2v) is 9.93. The van der Waals surface area contributed by atoms with E-state index in [1.165, 1.54) is 11.8 Å². The number of thioether (sulfide) groups is 1. The van der Waals surface area contributed by atoms with Gasteiger partial charge in [-0.2, -0.15) is 10.2 Å². The van der Waals surface area contributed by atoms with Gasteiger partial charge in [0.15, 0.2) is 11.5 Å². The quantitative estimate of drug-likeness (QED) is 0.402. The van der Waals surface area contributed by atoms with Crippen LogP contribution in [0.5, 0.6) is 11.5 Å². The molecule has 2 fully saturated rings. The molecule has 11 heteroatoms. The highest BCUT2D eigenvalue weighted by Gasteiger charge is 2.33. The average Bonchev–Trinajstić information content (AvgIpc) is 3.37. The summed E-state index contributed by atoms with van der Waals surface area (Å²) in [6, 6.07) is 7.74. The maximum absolute atomic E-state index is 13.1. The summed E-state index contributed by atoms with van der Waals surface area (Å²) in [6.45, 7) is 5.54. The Morgan fingerprint density at radius 1 is 1.26 bits per heavy atom. The predicted molar refractivity (Wildman–Crippen MR) is 137 cm³/mol. The Balaban J connectivity index is 1.48. The molecule has 2 atom stereocenters. The second kappa shape index (κ2) is 10.7. The monoisotopic (exact) mass is 514 g/mol. The van der Waals surface area contributed by atoms with E-state index in [0.29, 0.717) is 52.7 Å². The number of benzene rings is 1. The van der Waals surface area contributed by atoms with Crippen LogP contribution in [0, 0.1) is 11.3 Å². The van der Waals surface area contributed by atoms with Crippen molar-refractivity contribution in [3.8, 4) is 17.6 Å². The van der Waals surface area contributed by atoms with Crippen LogP contribution in [0.25, 0.3) is 6.08 Å². The lowest BCUT2D eigenvalue weighted by molar-refractivity contribution is -0.122. The van der Waals surface area contributed by atoms with Crippen LogP contribution < -0.4 is 14.4 Å². The molecular weight excluding hydrogens is 488 g/mol. The summed E-state index contributed by atoms with van der Waals surface area (Å²) in [5.41, 5.74) is 1.17. The lowest BCUT2D eigenvalue weighted by Gasteiger charge is -2.34. The van der Waals surface area contributed by atoms with Crippen LogP contribution in [0.3, 0.4) is 0 Å². The van der Waals surface area contributed by atoms with Crippen molar-refractivity contribution in [2.75, 3.05) is 38.8 Å². The molecule has 184 valence electrons. The molecule has 35 heavy (non-hydrogen) atoms. The number of hydrogen-bond donors (Lipinski definition) is 0. The highest BCUT2D eigenvalue weighted by molar-refractivity contribution is 8.26. The minimum Gasteiger partial charge on any atom is -0.493 e. The second-order valence-electron chi connectivity index (χ2n) is 8.25. The number of nitrogens with zero attached hydrogens (tertiary/aromatic N) is 4. The highest BCUT2D eigenvalue weighted by atomic mass is 32.2. The van der Waals surface area contributed by atoms with Crippen LogP contribution in [0.2, 0.25) is 0 Å². The molecule has 2 aliphatic heterocycles. The molecule has 1 aromatic heterocycles. The van der Waals surface area contributed by atoms with Gasteiger partial charge >= 0.3 is 0 Å². The number of morpholine rings is 1. The normalized spacial score (nSPS) is 21.5. The van der Waals surface area contributed by atoms with Crippen molar-refractivity contribution in [1.29, 1.82) is 5.26 Å². The van der Waals surface area contributed by atoms with Gasteiger partial charge in [-0.1, -0.05) is 30.0 Å². The smallest absolute Gasteiger partial charge is 0.266 e. The molecule has 9 nitrogen and oxygen atoms in total. The van der Waals surface area contributed by atoms with Crippen LogP contribution in [-0.4, -0.2) is 66.2 Å². The van der Waals surface area contributed by atoms with E-state index in [-0.39, 0.29) is 29.7 Å². The summed E-state index contributed by atoms with van der Waals surface area (Å²) in [7, 11) is 3.17. The molecule has 1 amide bonds. The zero-order valence-electron chi connectivity index (χ0n) is 19.9. The number of nitriles is 1. The molecule has 0 spiro atoms. The Morgan fingerprint density at radius 2 is 1.97 bits per heavy atom. The molecule has 2 aromatic rings. The molecule has 2 aliphatic rings. The molecule has 0 aliphatic carbocycles. The number of hydrogen-bond acceptors (Lipinski definition) is 10. The van der Waals surface area contributed by atoms with Crippen molar-refractivity contribution in [3.05, 3.63) is 40.3 Å². The Kier molecular flexibility index (Phi) is 7.64. The fraction of sp³-hybridized carbons (Fsp3) is 0.417. The molecular formula is C24H26N4O5S2. The van der Waals surface area contributed by atoms with E-state index in [2.05, 4.69) is 11.1 Å². The van der Waals surface area contributed by atoms with Gasteiger partial charge in [0.1, 0.15) is 10.4 Å². The fourth-order valence-corrected chi connectivity index (χ4v) is 5.38. The number of thiocarbonyl (C=S) groups is 1. The lowest BCUT2D eigenvalue weighted by Crippen LogP contribution is -2.45. The van der Waals surface area contributed by atoms with Crippen molar-refractivity contribution in [2.45, 2.75) is 32.5 Å². The van der Waals surface area contributed by atoms with E-state index >= 15 is 0 Å². The fourth-order valence-electron chi connectivity index (χ4n) is 4.10. The van der Waals surface area contributed by atoms with Gasteiger partial charge in [0.05, 0.1) is 31.3 Å². The molecule has 0 N–H and O–H groups in total. The number of ether oxygens (including phenoxy) is 3. The van der Waals surface area contributed by atoms with Gasteiger partial charge < -0.3 is 23.5 Å². The lowest BCUT2D eigenvalue weighted by atomic mass is 10.1. The summed E-state index contributed by atoms with van der Waals surface area (Å²) in [6.07, 6.45) is 2.14.